The lowest BCUT2D eigenvalue weighted by atomic mass is 10.1. The van der Waals surface area contributed by atoms with Crippen molar-refractivity contribution in [2.75, 3.05) is 5.32 Å². The molecule has 1 aromatic heterocycles. The quantitative estimate of drug-likeness (QED) is 0.880. The summed E-state index contributed by atoms with van der Waals surface area (Å²) in [7, 11) is 0. The molecule has 2 aromatic rings. The van der Waals surface area contributed by atoms with Crippen LogP contribution in [0.2, 0.25) is 0 Å². The van der Waals surface area contributed by atoms with E-state index in [4.69, 9.17) is 23.2 Å². The Kier molecular flexibility index (Phi) is 3.42. The molecule has 1 atom stereocenters. The molecule has 0 saturated heterocycles. The number of para-hydroxylation sites is 1. The molecule has 0 spiro atoms. The summed E-state index contributed by atoms with van der Waals surface area (Å²) in [6, 6.07) is 7.56. The molecule has 1 saturated carbocycles. The summed E-state index contributed by atoms with van der Waals surface area (Å²) in [5.41, 5.74) is 0.932. The Bertz CT molecular complexity index is 671. The number of nitrogens with zero attached hydrogens (tertiary/aromatic N) is 3. The second-order valence-corrected chi connectivity index (χ2v) is 6.90. The lowest BCUT2D eigenvalue weighted by Gasteiger charge is -2.15. The highest BCUT2D eigenvalue weighted by Crippen LogP contribution is 2.64. The van der Waals surface area contributed by atoms with Crippen molar-refractivity contribution in [2.45, 2.75) is 24.2 Å². The largest absolute Gasteiger partial charge is 0.325 e. The third kappa shape index (κ3) is 2.63. The lowest BCUT2D eigenvalue weighted by molar-refractivity contribution is -0.120. The summed E-state index contributed by atoms with van der Waals surface area (Å²) < 4.78 is 0.717. The molecule has 1 heterocycles. The molecule has 1 aromatic carbocycles. The van der Waals surface area contributed by atoms with Crippen LogP contribution in [-0.2, 0) is 11.3 Å². The van der Waals surface area contributed by atoms with Gasteiger partial charge in [0.15, 0.2) is 0 Å². The van der Waals surface area contributed by atoms with Crippen molar-refractivity contribution in [2.24, 2.45) is 5.41 Å². The number of hydrogen-bond acceptors (Lipinski definition) is 3. The summed E-state index contributed by atoms with van der Waals surface area (Å²) in [5, 5.41) is 6.98. The van der Waals surface area contributed by atoms with E-state index in [9.17, 15) is 4.79 Å². The van der Waals surface area contributed by atoms with Crippen LogP contribution in [0.25, 0.3) is 0 Å². The van der Waals surface area contributed by atoms with Gasteiger partial charge in [-0.2, -0.15) is 5.10 Å². The maximum Gasteiger partial charge on any atom is 0.233 e. The number of halogens is 2. The first-order valence-electron chi connectivity index (χ1n) is 6.52. The van der Waals surface area contributed by atoms with Crippen molar-refractivity contribution < 1.29 is 4.79 Å². The van der Waals surface area contributed by atoms with Crippen LogP contribution in [0, 0.1) is 5.41 Å². The molecule has 7 heteroatoms. The summed E-state index contributed by atoms with van der Waals surface area (Å²) in [4.78, 5) is 16.3. The van der Waals surface area contributed by atoms with Gasteiger partial charge in [-0.05, 0) is 25.0 Å². The predicted molar refractivity (Wildman–Crippen MR) is 81.4 cm³/mol. The van der Waals surface area contributed by atoms with Gasteiger partial charge in [0.1, 0.15) is 17.0 Å². The Labute approximate surface area is 132 Å². The molecule has 1 aliphatic rings. The second-order valence-electron chi connectivity index (χ2n) is 5.42. The minimum atomic E-state index is -0.974. The van der Waals surface area contributed by atoms with Crippen LogP contribution in [0.5, 0.6) is 0 Å². The third-order valence-corrected chi connectivity index (χ3v) is 4.92. The number of benzene rings is 1. The van der Waals surface area contributed by atoms with E-state index in [0.717, 1.165) is 11.3 Å². The Morgan fingerprint density at radius 2 is 2.14 bits per heavy atom. The number of hydrogen-bond donors (Lipinski definition) is 1. The average Bonchev–Trinajstić information content (AvgIpc) is 2.81. The number of carbonyl (C=O) groups excluding carboxylic acids is 1. The number of carbonyl (C=O) groups is 1. The number of aromatic nitrogens is 3. The maximum absolute atomic E-state index is 12.4. The molecule has 0 unspecified atom stereocenters. The van der Waals surface area contributed by atoms with Crippen molar-refractivity contribution in [1.82, 2.24) is 14.8 Å². The molecule has 110 valence electrons. The van der Waals surface area contributed by atoms with E-state index in [1.54, 1.807) is 17.9 Å². The first-order chi connectivity index (χ1) is 9.92. The first kappa shape index (κ1) is 14.4. The fourth-order valence-electron chi connectivity index (χ4n) is 2.18. The Balaban J connectivity index is 1.79. The molecule has 5 nitrogen and oxygen atoms in total. The Hall–Kier alpha value is -1.59. The zero-order chi connectivity index (χ0) is 15.1. The summed E-state index contributed by atoms with van der Waals surface area (Å²) in [6.45, 7) is 2.29. The molecule has 1 N–H and O–H groups in total. The van der Waals surface area contributed by atoms with Crippen LogP contribution in [0.1, 0.15) is 18.9 Å². The minimum Gasteiger partial charge on any atom is -0.325 e. The van der Waals surface area contributed by atoms with Crippen LogP contribution in [0.4, 0.5) is 5.69 Å². The molecule has 0 aliphatic heterocycles. The van der Waals surface area contributed by atoms with Gasteiger partial charge in [0.2, 0.25) is 5.91 Å². The van der Waals surface area contributed by atoms with Crippen molar-refractivity contribution in [3.05, 3.63) is 42.5 Å². The van der Waals surface area contributed by atoms with Crippen molar-refractivity contribution in [3.63, 3.8) is 0 Å². The number of alkyl halides is 2. The van der Waals surface area contributed by atoms with E-state index >= 15 is 0 Å². The molecular formula is C14H14Cl2N4O. The number of amides is 1. The predicted octanol–water partition coefficient (Wildman–Crippen LogP) is 2.85. The van der Waals surface area contributed by atoms with Gasteiger partial charge in [0.25, 0.3) is 0 Å². The minimum absolute atomic E-state index is 0.168. The maximum atomic E-state index is 12.4. The molecule has 1 aliphatic carbocycles. The molecule has 1 fully saturated rings. The van der Waals surface area contributed by atoms with Gasteiger partial charge in [-0.15, -0.1) is 23.2 Å². The Morgan fingerprint density at radius 3 is 2.76 bits per heavy atom. The third-order valence-electron chi connectivity index (χ3n) is 3.82. The average molecular weight is 325 g/mol. The van der Waals surface area contributed by atoms with Crippen LogP contribution >= 0.6 is 23.2 Å². The van der Waals surface area contributed by atoms with Gasteiger partial charge in [-0.3, -0.25) is 4.79 Å². The van der Waals surface area contributed by atoms with Gasteiger partial charge in [-0.25, -0.2) is 9.67 Å². The molecular weight excluding hydrogens is 311 g/mol. The zero-order valence-corrected chi connectivity index (χ0v) is 12.9. The van der Waals surface area contributed by atoms with E-state index in [-0.39, 0.29) is 5.91 Å². The fourth-order valence-corrected chi connectivity index (χ4v) is 2.88. The number of anilines is 1. The highest BCUT2D eigenvalue weighted by molar-refractivity contribution is 6.53. The topological polar surface area (TPSA) is 59.8 Å². The van der Waals surface area contributed by atoms with Gasteiger partial charge in [0.05, 0.1) is 12.0 Å². The van der Waals surface area contributed by atoms with Crippen molar-refractivity contribution in [3.8, 4) is 0 Å². The first-order valence-corrected chi connectivity index (χ1v) is 7.28. The van der Waals surface area contributed by atoms with Crippen molar-refractivity contribution >= 4 is 34.8 Å². The second kappa shape index (κ2) is 5.00. The van der Waals surface area contributed by atoms with Crippen LogP contribution < -0.4 is 5.32 Å². The standard InChI is InChI=1S/C14H14Cl2N4O/c1-13(7-14(13,15)16)12(21)19-11-5-3-2-4-10(11)6-20-9-17-8-18-20/h2-5,8-9H,6-7H2,1H3,(H,19,21)/t13-/m0/s1. The molecule has 3 rings (SSSR count). The van der Waals surface area contributed by atoms with Gasteiger partial charge >= 0.3 is 0 Å². The molecule has 21 heavy (non-hydrogen) atoms. The SMILES string of the molecule is C[C@@]1(C(=O)Nc2ccccc2Cn2cncn2)CC1(Cl)Cl. The van der Waals surface area contributed by atoms with Crippen LogP contribution in [-0.4, -0.2) is 25.0 Å². The molecule has 0 radical (unpaired) electrons. The highest BCUT2D eigenvalue weighted by Gasteiger charge is 2.67. The smallest absolute Gasteiger partial charge is 0.233 e. The number of rotatable bonds is 4. The molecule has 0 bridgehead atoms. The fraction of sp³-hybridized carbons (Fsp3) is 0.357. The zero-order valence-electron chi connectivity index (χ0n) is 11.4. The normalized spacial score (nSPS) is 22.8. The summed E-state index contributed by atoms with van der Waals surface area (Å²) in [6.07, 6.45) is 3.56. The summed E-state index contributed by atoms with van der Waals surface area (Å²) >= 11 is 12.1. The molecule has 1 amide bonds. The monoisotopic (exact) mass is 324 g/mol. The Morgan fingerprint density at radius 1 is 1.43 bits per heavy atom. The van der Waals surface area contributed by atoms with E-state index < -0.39 is 9.75 Å². The van der Waals surface area contributed by atoms with E-state index in [2.05, 4.69) is 15.4 Å². The highest BCUT2D eigenvalue weighted by atomic mass is 35.5. The van der Waals surface area contributed by atoms with E-state index in [1.807, 2.05) is 24.3 Å². The van der Waals surface area contributed by atoms with E-state index in [0.29, 0.717) is 13.0 Å². The van der Waals surface area contributed by atoms with Gasteiger partial charge in [-0.1, -0.05) is 18.2 Å². The van der Waals surface area contributed by atoms with Crippen LogP contribution in [0.3, 0.4) is 0 Å². The van der Waals surface area contributed by atoms with Gasteiger partial charge in [0, 0.05) is 5.69 Å². The van der Waals surface area contributed by atoms with Crippen LogP contribution in [0.15, 0.2) is 36.9 Å². The summed E-state index contributed by atoms with van der Waals surface area (Å²) in [5.74, 6) is -0.168. The van der Waals surface area contributed by atoms with Crippen molar-refractivity contribution in [1.29, 1.82) is 0 Å². The van der Waals surface area contributed by atoms with E-state index in [1.165, 1.54) is 6.33 Å². The lowest BCUT2D eigenvalue weighted by Crippen LogP contribution is -2.26. The number of nitrogens with one attached hydrogen (secondary N) is 1. The van der Waals surface area contributed by atoms with Gasteiger partial charge < -0.3 is 5.32 Å².